The zero-order chi connectivity index (χ0) is 16.1. The lowest BCUT2D eigenvalue weighted by atomic mass is 9.76. The Hall–Kier alpha value is -0.770. The molecule has 1 rings (SSSR count). The van der Waals surface area contributed by atoms with Crippen molar-refractivity contribution in [1.29, 1.82) is 0 Å². The lowest BCUT2D eigenvalue weighted by Gasteiger charge is -2.43. The molecule has 0 spiro atoms. The Labute approximate surface area is 130 Å². The predicted octanol–water partition coefficient (Wildman–Crippen LogP) is 3.85. The molecular weight excluding hydrogens is 264 g/mol. The molecule has 1 unspecified atom stereocenters. The fourth-order valence-corrected chi connectivity index (χ4v) is 2.52. The number of nitrogens with one attached hydrogen (secondary N) is 2. The highest BCUT2D eigenvalue weighted by Gasteiger charge is 2.39. The molecule has 0 aromatic carbocycles. The Morgan fingerprint density at radius 2 is 1.81 bits per heavy atom. The van der Waals surface area contributed by atoms with Crippen LogP contribution >= 0.6 is 0 Å². The number of ether oxygens (including phenoxy) is 1. The standard InChI is InChI=1S/C17H34N2O2/c1-13(2)8-9-14(3)18-12-17(10-7-11-17)19-15(20)21-16(4,5)6/h13-14,18H,7-12H2,1-6H3,(H,19,20). The fraction of sp³-hybridized carbons (Fsp3) is 0.941. The van der Waals surface area contributed by atoms with Gasteiger partial charge in [-0.3, -0.25) is 0 Å². The van der Waals surface area contributed by atoms with Crippen LogP contribution in [0.15, 0.2) is 0 Å². The fourth-order valence-electron chi connectivity index (χ4n) is 2.52. The van der Waals surface area contributed by atoms with Crippen LogP contribution in [-0.2, 0) is 4.74 Å². The SMILES string of the molecule is CC(C)CCC(C)NCC1(NC(=O)OC(C)(C)C)CCC1. The third-order valence-electron chi connectivity index (χ3n) is 4.04. The molecule has 21 heavy (non-hydrogen) atoms. The lowest BCUT2D eigenvalue weighted by Crippen LogP contribution is -2.60. The average Bonchev–Trinajstić information content (AvgIpc) is 2.27. The Morgan fingerprint density at radius 3 is 2.24 bits per heavy atom. The molecule has 1 atom stereocenters. The van der Waals surface area contributed by atoms with Crippen LogP contribution in [0.4, 0.5) is 4.79 Å². The molecule has 1 amide bonds. The van der Waals surface area contributed by atoms with Crippen molar-refractivity contribution in [1.82, 2.24) is 10.6 Å². The molecule has 0 radical (unpaired) electrons. The number of carbonyl (C=O) groups excluding carboxylic acids is 1. The first-order valence-electron chi connectivity index (χ1n) is 8.36. The van der Waals surface area contributed by atoms with E-state index in [4.69, 9.17) is 4.74 Å². The second-order valence-corrected chi connectivity index (χ2v) is 8.01. The molecular formula is C17H34N2O2. The maximum Gasteiger partial charge on any atom is 0.408 e. The number of hydrogen-bond donors (Lipinski definition) is 2. The largest absolute Gasteiger partial charge is 0.444 e. The molecule has 1 aliphatic carbocycles. The van der Waals surface area contributed by atoms with Crippen molar-refractivity contribution < 1.29 is 9.53 Å². The number of hydrogen-bond acceptors (Lipinski definition) is 3. The van der Waals surface area contributed by atoms with Crippen LogP contribution < -0.4 is 10.6 Å². The Bertz CT molecular complexity index is 330. The Kier molecular flexibility index (Phi) is 6.51. The summed E-state index contributed by atoms with van der Waals surface area (Å²) in [5, 5.41) is 6.66. The third-order valence-corrected chi connectivity index (χ3v) is 4.04. The van der Waals surface area contributed by atoms with Gasteiger partial charge >= 0.3 is 6.09 Å². The molecule has 0 aliphatic heterocycles. The third kappa shape index (κ3) is 7.16. The molecule has 0 saturated heterocycles. The Balaban J connectivity index is 2.37. The molecule has 1 saturated carbocycles. The molecule has 0 heterocycles. The van der Waals surface area contributed by atoms with Crippen molar-refractivity contribution in [2.75, 3.05) is 6.54 Å². The first-order chi connectivity index (χ1) is 9.62. The number of rotatable bonds is 7. The van der Waals surface area contributed by atoms with Gasteiger partial charge < -0.3 is 15.4 Å². The van der Waals surface area contributed by atoms with Gasteiger partial charge in [-0.05, 0) is 65.7 Å². The summed E-state index contributed by atoms with van der Waals surface area (Å²) >= 11 is 0. The second-order valence-electron chi connectivity index (χ2n) is 8.01. The number of amides is 1. The van der Waals surface area contributed by atoms with E-state index in [2.05, 4.69) is 31.4 Å². The minimum atomic E-state index is -0.437. The number of alkyl carbamates (subject to hydrolysis) is 1. The van der Waals surface area contributed by atoms with E-state index in [1.165, 1.54) is 19.3 Å². The molecule has 2 N–H and O–H groups in total. The van der Waals surface area contributed by atoms with Crippen LogP contribution in [0.2, 0.25) is 0 Å². The molecule has 0 aromatic heterocycles. The summed E-state index contributed by atoms with van der Waals surface area (Å²) in [5.41, 5.74) is -0.540. The number of carbonyl (C=O) groups is 1. The van der Waals surface area contributed by atoms with Crippen LogP contribution in [0.1, 0.15) is 73.6 Å². The minimum absolute atomic E-state index is 0.103. The van der Waals surface area contributed by atoms with Gasteiger partial charge in [-0.15, -0.1) is 0 Å². The summed E-state index contributed by atoms with van der Waals surface area (Å²) in [6.07, 6.45) is 5.38. The van der Waals surface area contributed by atoms with E-state index < -0.39 is 5.60 Å². The molecule has 0 bridgehead atoms. The van der Waals surface area contributed by atoms with Gasteiger partial charge in [-0.2, -0.15) is 0 Å². The molecule has 124 valence electrons. The quantitative estimate of drug-likeness (QED) is 0.750. The first-order valence-corrected chi connectivity index (χ1v) is 8.36. The van der Waals surface area contributed by atoms with Crippen LogP contribution in [-0.4, -0.2) is 29.8 Å². The van der Waals surface area contributed by atoms with Crippen molar-refractivity contribution in [3.63, 3.8) is 0 Å². The molecule has 1 fully saturated rings. The predicted molar refractivity (Wildman–Crippen MR) is 87.5 cm³/mol. The van der Waals surface area contributed by atoms with Crippen molar-refractivity contribution in [3.8, 4) is 0 Å². The highest BCUT2D eigenvalue weighted by atomic mass is 16.6. The summed E-state index contributed by atoms with van der Waals surface area (Å²) < 4.78 is 5.38. The summed E-state index contributed by atoms with van der Waals surface area (Å²) in [7, 11) is 0. The normalized spacial score (nSPS) is 19.0. The van der Waals surface area contributed by atoms with Gasteiger partial charge in [0.1, 0.15) is 5.60 Å². The van der Waals surface area contributed by atoms with E-state index >= 15 is 0 Å². The maximum atomic E-state index is 12.0. The van der Waals surface area contributed by atoms with Gasteiger partial charge in [-0.25, -0.2) is 4.79 Å². The van der Waals surface area contributed by atoms with Crippen molar-refractivity contribution in [2.24, 2.45) is 5.92 Å². The Morgan fingerprint density at radius 1 is 1.19 bits per heavy atom. The maximum absolute atomic E-state index is 12.0. The second kappa shape index (κ2) is 7.48. The zero-order valence-corrected chi connectivity index (χ0v) is 14.7. The van der Waals surface area contributed by atoms with Crippen LogP contribution in [0.5, 0.6) is 0 Å². The van der Waals surface area contributed by atoms with E-state index in [0.717, 1.165) is 25.3 Å². The topological polar surface area (TPSA) is 50.4 Å². The van der Waals surface area contributed by atoms with Crippen LogP contribution in [0.25, 0.3) is 0 Å². The summed E-state index contributed by atoms with van der Waals surface area (Å²) in [6.45, 7) is 13.3. The van der Waals surface area contributed by atoms with E-state index in [0.29, 0.717) is 6.04 Å². The van der Waals surface area contributed by atoms with Crippen molar-refractivity contribution in [3.05, 3.63) is 0 Å². The van der Waals surface area contributed by atoms with Crippen LogP contribution in [0.3, 0.4) is 0 Å². The minimum Gasteiger partial charge on any atom is -0.444 e. The average molecular weight is 298 g/mol. The molecule has 1 aliphatic rings. The summed E-state index contributed by atoms with van der Waals surface area (Å²) in [5.74, 6) is 0.742. The van der Waals surface area contributed by atoms with Gasteiger partial charge in [0.25, 0.3) is 0 Å². The van der Waals surface area contributed by atoms with E-state index in [1.807, 2.05) is 20.8 Å². The van der Waals surface area contributed by atoms with Gasteiger partial charge in [0, 0.05) is 12.6 Å². The summed E-state index contributed by atoms with van der Waals surface area (Å²) in [6, 6.07) is 0.491. The first kappa shape index (κ1) is 18.3. The highest BCUT2D eigenvalue weighted by Crippen LogP contribution is 2.31. The smallest absolute Gasteiger partial charge is 0.408 e. The molecule has 4 heteroatoms. The molecule has 4 nitrogen and oxygen atoms in total. The van der Waals surface area contributed by atoms with Crippen molar-refractivity contribution in [2.45, 2.75) is 90.8 Å². The zero-order valence-electron chi connectivity index (χ0n) is 14.7. The van der Waals surface area contributed by atoms with E-state index in [-0.39, 0.29) is 11.6 Å². The van der Waals surface area contributed by atoms with E-state index in [1.54, 1.807) is 0 Å². The van der Waals surface area contributed by atoms with Gasteiger partial charge in [0.05, 0.1) is 5.54 Å². The monoisotopic (exact) mass is 298 g/mol. The summed E-state index contributed by atoms with van der Waals surface area (Å²) in [4.78, 5) is 12.0. The van der Waals surface area contributed by atoms with Crippen molar-refractivity contribution >= 4 is 6.09 Å². The van der Waals surface area contributed by atoms with Gasteiger partial charge in [0.15, 0.2) is 0 Å². The van der Waals surface area contributed by atoms with E-state index in [9.17, 15) is 4.79 Å². The highest BCUT2D eigenvalue weighted by molar-refractivity contribution is 5.69. The van der Waals surface area contributed by atoms with Crippen LogP contribution in [0, 0.1) is 5.92 Å². The van der Waals surface area contributed by atoms with Gasteiger partial charge in [-0.1, -0.05) is 13.8 Å². The van der Waals surface area contributed by atoms with Gasteiger partial charge in [0.2, 0.25) is 0 Å². The lowest BCUT2D eigenvalue weighted by molar-refractivity contribution is 0.0379. The molecule has 0 aromatic rings.